The first-order chi connectivity index (χ1) is 4.34. The fourth-order valence-corrected chi connectivity index (χ4v) is 1.41. The van der Waals surface area contributed by atoms with Crippen molar-refractivity contribution in [3.8, 4) is 0 Å². The molecule has 9 heavy (non-hydrogen) atoms. The van der Waals surface area contributed by atoms with E-state index in [1.807, 2.05) is 7.05 Å². The molecule has 0 spiro atoms. The highest BCUT2D eigenvalue weighted by Gasteiger charge is 2.22. The van der Waals surface area contributed by atoms with Crippen LogP contribution in [-0.2, 0) is 0 Å². The first kappa shape index (κ1) is 7.00. The van der Waals surface area contributed by atoms with Crippen LogP contribution in [-0.4, -0.2) is 19.3 Å². The molecule has 0 bridgehead atoms. The van der Waals surface area contributed by atoms with Gasteiger partial charge in [0, 0.05) is 6.04 Å². The molecule has 0 unspecified atom stereocenters. The molecule has 1 N–H and O–H groups in total. The summed E-state index contributed by atoms with van der Waals surface area (Å²) in [6.07, 6.45) is 3.43. The fourth-order valence-electron chi connectivity index (χ4n) is 1.41. The molecule has 0 aromatic carbocycles. The van der Waals surface area contributed by atoms with Crippen LogP contribution < -0.4 is 5.32 Å². The van der Waals surface area contributed by atoms with Gasteiger partial charge in [0.1, 0.15) is 6.17 Å². The van der Waals surface area contributed by atoms with Crippen LogP contribution in [0.2, 0.25) is 0 Å². The molecule has 0 aromatic heterocycles. The highest BCUT2D eigenvalue weighted by molar-refractivity contribution is 4.78. The van der Waals surface area contributed by atoms with Crippen LogP contribution in [0, 0.1) is 0 Å². The van der Waals surface area contributed by atoms with Crippen LogP contribution in [0.15, 0.2) is 0 Å². The number of rotatable bonds is 1. The van der Waals surface area contributed by atoms with Crippen molar-refractivity contribution in [3.05, 3.63) is 0 Å². The SMILES string of the molecule is CN[C@H]1CCCC[C@H]1F. The third kappa shape index (κ3) is 1.65. The van der Waals surface area contributed by atoms with Gasteiger partial charge in [-0.15, -0.1) is 0 Å². The summed E-state index contributed by atoms with van der Waals surface area (Å²) in [5.74, 6) is 0. The van der Waals surface area contributed by atoms with E-state index < -0.39 is 6.17 Å². The third-order valence-corrected chi connectivity index (χ3v) is 2.05. The molecule has 1 nitrogen and oxygen atoms in total. The topological polar surface area (TPSA) is 12.0 Å². The maximum atomic E-state index is 12.8. The molecule has 0 aliphatic heterocycles. The van der Waals surface area contributed by atoms with Crippen molar-refractivity contribution in [3.63, 3.8) is 0 Å². The lowest BCUT2D eigenvalue weighted by atomic mass is 9.94. The first-order valence-corrected chi connectivity index (χ1v) is 3.66. The molecule has 0 saturated heterocycles. The number of hydrogen-bond acceptors (Lipinski definition) is 1. The number of nitrogens with one attached hydrogen (secondary N) is 1. The van der Waals surface area contributed by atoms with E-state index in [1.165, 1.54) is 6.42 Å². The van der Waals surface area contributed by atoms with Crippen LogP contribution in [0.25, 0.3) is 0 Å². The molecular weight excluding hydrogens is 117 g/mol. The molecule has 54 valence electrons. The van der Waals surface area contributed by atoms with Crippen molar-refractivity contribution in [2.45, 2.75) is 37.9 Å². The third-order valence-electron chi connectivity index (χ3n) is 2.05. The summed E-state index contributed by atoms with van der Waals surface area (Å²) in [7, 11) is 1.84. The lowest BCUT2D eigenvalue weighted by Gasteiger charge is -2.24. The Hall–Kier alpha value is -0.110. The molecule has 1 aliphatic carbocycles. The molecule has 0 heterocycles. The minimum Gasteiger partial charge on any atom is -0.314 e. The van der Waals surface area contributed by atoms with Crippen molar-refractivity contribution >= 4 is 0 Å². The smallest absolute Gasteiger partial charge is 0.115 e. The number of halogens is 1. The van der Waals surface area contributed by atoms with Gasteiger partial charge >= 0.3 is 0 Å². The van der Waals surface area contributed by atoms with Crippen molar-refractivity contribution in [1.82, 2.24) is 5.32 Å². The van der Waals surface area contributed by atoms with Crippen molar-refractivity contribution in [2.75, 3.05) is 7.05 Å². The summed E-state index contributed by atoms with van der Waals surface area (Å²) >= 11 is 0. The van der Waals surface area contributed by atoms with Gasteiger partial charge < -0.3 is 5.32 Å². The summed E-state index contributed by atoms with van der Waals surface area (Å²) in [6, 6.07) is 0.138. The van der Waals surface area contributed by atoms with Crippen LogP contribution in [0.5, 0.6) is 0 Å². The standard InChI is InChI=1S/C7H14FN/c1-9-7-5-3-2-4-6(7)8/h6-7,9H,2-5H2,1H3/t6-,7+/m1/s1. The van der Waals surface area contributed by atoms with E-state index in [4.69, 9.17) is 0 Å². The van der Waals surface area contributed by atoms with E-state index in [9.17, 15) is 4.39 Å². The summed E-state index contributed by atoms with van der Waals surface area (Å²) in [4.78, 5) is 0. The monoisotopic (exact) mass is 131 g/mol. The Labute approximate surface area is 55.6 Å². The molecule has 2 heteroatoms. The summed E-state index contributed by atoms with van der Waals surface area (Å²) in [6.45, 7) is 0. The lowest BCUT2D eigenvalue weighted by Crippen LogP contribution is -2.37. The predicted molar refractivity (Wildman–Crippen MR) is 36.2 cm³/mol. The van der Waals surface area contributed by atoms with E-state index >= 15 is 0 Å². The Morgan fingerprint density at radius 3 is 2.44 bits per heavy atom. The van der Waals surface area contributed by atoms with Crippen LogP contribution in [0.1, 0.15) is 25.7 Å². The molecule has 0 radical (unpaired) electrons. The second-order valence-electron chi connectivity index (χ2n) is 2.70. The van der Waals surface area contributed by atoms with Crippen LogP contribution in [0.3, 0.4) is 0 Å². The molecule has 0 amide bonds. The summed E-state index contributed by atoms with van der Waals surface area (Å²) < 4.78 is 12.8. The second-order valence-corrected chi connectivity index (χ2v) is 2.70. The fraction of sp³-hybridized carbons (Fsp3) is 1.00. The van der Waals surface area contributed by atoms with Gasteiger partial charge in [0.15, 0.2) is 0 Å². The van der Waals surface area contributed by atoms with Gasteiger partial charge in [-0.2, -0.15) is 0 Å². The maximum absolute atomic E-state index is 12.8. The van der Waals surface area contributed by atoms with Gasteiger partial charge in [0.05, 0.1) is 0 Å². The number of alkyl halides is 1. The molecule has 0 aromatic rings. The summed E-state index contributed by atoms with van der Waals surface area (Å²) in [5.41, 5.74) is 0. The van der Waals surface area contributed by atoms with Gasteiger partial charge in [-0.1, -0.05) is 12.8 Å². The van der Waals surface area contributed by atoms with Gasteiger partial charge in [-0.25, -0.2) is 4.39 Å². The second kappa shape index (κ2) is 3.16. The van der Waals surface area contributed by atoms with Crippen molar-refractivity contribution in [1.29, 1.82) is 0 Å². The minimum absolute atomic E-state index is 0.138. The Kier molecular flexibility index (Phi) is 2.46. The zero-order valence-corrected chi connectivity index (χ0v) is 5.86. The number of hydrogen-bond donors (Lipinski definition) is 1. The van der Waals surface area contributed by atoms with Crippen LogP contribution >= 0.6 is 0 Å². The average Bonchev–Trinajstić information content (AvgIpc) is 1.89. The Balaban J connectivity index is 2.30. The first-order valence-electron chi connectivity index (χ1n) is 3.66. The molecule has 1 rings (SSSR count). The molecular formula is C7H14FN. The quantitative estimate of drug-likeness (QED) is 0.568. The van der Waals surface area contributed by atoms with Gasteiger partial charge in [-0.05, 0) is 19.9 Å². The molecule has 1 aliphatic rings. The molecule has 1 saturated carbocycles. The Morgan fingerprint density at radius 1 is 1.33 bits per heavy atom. The van der Waals surface area contributed by atoms with E-state index in [0.717, 1.165) is 19.3 Å². The Bertz CT molecular complexity index is 85.0. The van der Waals surface area contributed by atoms with Crippen LogP contribution in [0.4, 0.5) is 4.39 Å². The highest BCUT2D eigenvalue weighted by Crippen LogP contribution is 2.20. The average molecular weight is 131 g/mol. The minimum atomic E-state index is -0.594. The Morgan fingerprint density at radius 2 is 2.00 bits per heavy atom. The summed E-state index contributed by atoms with van der Waals surface area (Å²) in [5, 5.41) is 2.98. The molecule has 2 atom stereocenters. The zero-order valence-electron chi connectivity index (χ0n) is 5.86. The van der Waals surface area contributed by atoms with Crippen molar-refractivity contribution in [2.24, 2.45) is 0 Å². The lowest BCUT2D eigenvalue weighted by molar-refractivity contribution is 0.196. The van der Waals surface area contributed by atoms with Gasteiger partial charge in [0.25, 0.3) is 0 Å². The van der Waals surface area contributed by atoms with E-state index in [2.05, 4.69) is 5.32 Å². The molecule has 1 fully saturated rings. The maximum Gasteiger partial charge on any atom is 0.115 e. The van der Waals surface area contributed by atoms with Crippen molar-refractivity contribution < 1.29 is 4.39 Å². The van der Waals surface area contributed by atoms with Gasteiger partial charge in [0.2, 0.25) is 0 Å². The highest BCUT2D eigenvalue weighted by atomic mass is 19.1. The van der Waals surface area contributed by atoms with E-state index in [1.54, 1.807) is 0 Å². The zero-order chi connectivity index (χ0) is 6.69. The normalized spacial score (nSPS) is 36.7. The van der Waals surface area contributed by atoms with E-state index in [0.29, 0.717) is 0 Å². The predicted octanol–water partition coefficient (Wildman–Crippen LogP) is 1.49. The van der Waals surface area contributed by atoms with E-state index in [-0.39, 0.29) is 6.04 Å². The largest absolute Gasteiger partial charge is 0.314 e. The van der Waals surface area contributed by atoms with Gasteiger partial charge in [-0.3, -0.25) is 0 Å².